The van der Waals surface area contributed by atoms with Crippen LogP contribution in [0.4, 0.5) is 0 Å². The van der Waals surface area contributed by atoms with Crippen molar-refractivity contribution in [1.29, 1.82) is 0 Å². The van der Waals surface area contributed by atoms with E-state index in [1.807, 2.05) is 0 Å². The normalized spacial score (nSPS) is 29.5. The summed E-state index contributed by atoms with van der Waals surface area (Å²) < 4.78 is 0. The van der Waals surface area contributed by atoms with Gasteiger partial charge in [0.1, 0.15) is 0 Å². The zero-order valence-electron chi connectivity index (χ0n) is 8.52. The molecule has 2 nitrogen and oxygen atoms in total. The van der Waals surface area contributed by atoms with E-state index in [0.29, 0.717) is 5.41 Å². The number of nitrogens with one attached hydrogen (secondary N) is 1. The van der Waals surface area contributed by atoms with Gasteiger partial charge in [0.05, 0.1) is 0 Å². The molecule has 2 saturated heterocycles. The molecule has 0 aromatic carbocycles. The summed E-state index contributed by atoms with van der Waals surface area (Å²) in [5, 5.41) is 7.95. The van der Waals surface area contributed by atoms with Crippen molar-refractivity contribution in [2.24, 2.45) is 5.41 Å². The Hall–Kier alpha value is -0.0800. The summed E-state index contributed by atoms with van der Waals surface area (Å²) in [5.41, 5.74) is 0.698. The summed E-state index contributed by atoms with van der Waals surface area (Å²) in [6.07, 6.45) is 8.37. The van der Waals surface area contributed by atoms with Gasteiger partial charge in [0.15, 0.2) is 0 Å². The molecule has 2 fully saturated rings. The first-order valence-corrected chi connectivity index (χ1v) is 5.75. The van der Waals surface area contributed by atoms with E-state index in [1.54, 1.807) is 0 Å². The third-order valence-corrected chi connectivity index (χ3v) is 3.72. The summed E-state index contributed by atoms with van der Waals surface area (Å²) in [5.74, 6) is 0. The molecule has 2 heterocycles. The SMILES string of the molecule is C1CNCCCC2(C1)CC[N]CC2. The highest BCUT2D eigenvalue weighted by atomic mass is 14.9. The summed E-state index contributed by atoms with van der Waals surface area (Å²) in [6, 6.07) is 0. The van der Waals surface area contributed by atoms with Crippen molar-refractivity contribution in [3.8, 4) is 0 Å². The highest BCUT2D eigenvalue weighted by Crippen LogP contribution is 2.39. The molecule has 2 heteroatoms. The van der Waals surface area contributed by atoms with Crippen molar-refractivity contribution in [1.82, 2.24) is 10.6 Å². The highest BCUT2D eigenvalue weighted by Gasteiger charge is 2.31. The monoisotopic (exact) mass is 181 g/mol. The summed E-state index contributed by atoms with van der Waals surface area (Å²) in [7, 11) is 0. The smallest absolute Gasteiger partial charge is 0.0138 e. The first-order chi connectivity index (χ1) is 6.41. The third-order valence-electron chi connectivity index (χ3n) is 3.72. The van der Waals surface area contributed by atoms with E-state index in [-0.39, 0.29) is 0 Å². The Balaban J connectivity index is 1.91. The first-order valence-electron chi connectivity index (χ1n) is 5.75. The van der Waals surface area contributed by atoms with Crippen LogP contribution in [0.25, 0.3) is 0 Å². The summed E-state index contributed by atoms with van der Waals surface area (Å²) >= 11 is 0. The molecule has 1 N–H and O–H groups in total. The lowest BCUT2D eigenvalue weighted by atomic mass is 9.71. The van der Waals surface area contributed by atoms with Gasteiger partial charge in [-0.15, -0.1) is 0 Å². The van der Waals surface area contributed by atoms with Gasteiger partial charge in [0.25, 0.3) is 0 Å². The van der Waals surface area contributed by atoms with Crippen LogP contribution in [-0.4, -0.2) is 26.2 Å². The molecular formula is C11H21N2. The lowest BCUT2D eigenvalue weighted by Gasteiger charge is -2.38. The van der Waals surface area contributed by atoms with Gasteiger partial charge in [-0.1, -0.05) is 0 Å². The fourth-order valence-electron chi connectivity index (χ4n) is 2.80. The van der Waals surface area contributed by atoms with Crippen molar-refractivity contribution in [2.75, 3.05) is 26.2 Å². The number of hydrogen-bond donors (Lipinski definition) is 1. The van der Waals surface area contributed by atoms with Gasteiger partial charge in [0.2, 0.25) is 0 Å². The largest absolute Gasteiger partial charge is 0.317 e. The Morgan fingerprint density at radius 3 is 2.08 bits per heavy atom. The second-order valence-corrected chi connectivity index (χ2v) is 4.63. The Labute approximate surface area is 81.5 Å². The average molecular weight is 181 g/mol. The van der Waals surface area contributed by atoms with Crippen molar-refractivity contribution >= 4 is 0 Å². The van der Waals surface area contributed by atoms with E-state index in [0.717, 1.165) is 13.1 Å². The van der Waals surface area contributed by atoms with E-state index < -0.39 is 0 Å². The standard InChI is InChI=1S/C11H21N2/c1-3-11(4-2-8-12-7-1)5-9-13-10-6-11/h12H,1-10H2. The first kappa shape index (κ1) is 9.47. The van der Waals surface area contributed by atoms with E-state index in [9.17, 15) is 0 Å². The number of nitrogens with zero attached hydrogens (tertiary/aromatic N) is 1. The van der Waals surface area contributed by atoms with Gasteiger partial charge in [-0.25, -0.2) is 5.32 Å². The molecule has 2 rings (SSSR count). The quantitative estimate of drug-likeness (QED) is 0.602. The molecule has 0 bridgehead atoms. The number of rotatable bonds is 0. The van der Waals surface area contributed by atoms with Crippen LogP contribution in [0.2, 0.25) is 0 Å². The van der Waals surface area contributed by atoms with Crippen molar-refractivity contribution in [3.63, 3.8) is 0 Å². The van der Waals surface area contributed by atoms with Crippen LogP contribution in [0.3, 0.4) is 0 Å². The number of hydrogen-bond acceptors (Lipinski definition) is 1. The van der Waals surface area contributed by atoms with Crippen LogP contribution in [0.1, 0.15) is 38.5 Å². The lowest BCUT2D eigenvalue weighted by molar-refractivity contribution is 0.151. The summed E-state index contributed by atoms with van der Waals surface area (Å²) in [6.45, 7) is 4.73. The lowest BCUT2D eigenvalue weighted by Crippen LogP contribution is -2.36. The average Bonchev–Trinajstić information content (AvgIpc) is 2.14. The van der Waals surface area contributed by atoms with Crippen LogP contribution in [0.15, 0.2) is 0 Å². The maximum Gasteiger partial charge on any atom is 0.0138 e. The molecular weight excluding hydrogens is 160 g/mol. The molecule has 75 valence electrons. The highest BCUT2D eigenvalue weighted by molar-refractivity contribution is 4.85. The van der Waals surface area contributed by atoms with E-state index in [4.69, 9.17) is 0 Å². The molecule has 0 aromatic rings. The third kappa shape index (κ3) is 2.44. The van der Waals surface area contributed by atoms with Crippen molar-refractivity contribution in [2.45, 2.75) is 38.5 Å². The molecule has 0 atom stereocenters. The van der Waals surface area contributed by atoms with Crippen LogP contribution < -0.4 is 10.6 Å². The van der Waals surface area contributed by atoms with E-state index >= 15 is 0 Å². The molecule has 1 spiro atoms. The predicted octanol–water partition coefficient (Wildman–Crippen LogP) is 1.53. The van der Waals surface area contributed by atoms with Crippen LogP contribution >= 0.6 is 0 Å². The molecule has 0 amide bonds. The van der Waals surface area contributed by atoms with Gasteiger partial charge >= 0.3 is 0 Å². The van der Waals surface area contributed by atoms with Crippen LogP contribution in [-0.2, 0) is 0 Å². The molecule has 0 aliphatic carbocycles. The van der Waals surface area contributed by atoms with Gasteiger partial charge < -0.3 is 5.32 Å². The Morgan fingerprint density at radius 2 is 1.46 bits per heavy atom. The van der Waals surface area contributed by atoms with Crippen molar-refractivity contribution < 1.29 is 0 Å². The second kappa shape index (κ2) is 4.43. The minimum atomic E-state index is 0.698. The molecule has 0 saturated carbocycles. The van der Waals surface area contributed by atoms with Gasteiger partial charge in [-0.3, -0.25) is 0 Å². The molecule has 0 unspecified atom stereocenters. The molecule has 13 heavy (non-hydrogen) atoms. The second-order valence-electron chi connectivity index (χ2n) is 4.63. The molecule has 2 aliphatic rings. The van der Waals surface area contributed by atoms with Crippen LogP contribution in [0, 0.1) is 5.41 Å². The topological polar surface area (TPSA) is 26.1 Å². The Morgan fingerprint density at radius 1 is 0.846 bits per heavy atom. The van der Waals surface area contributed by atoms with Gasteiger partial charge in [0, 0.05) is 13.1 Å². The number of piperidine rings is 1. The van der Waals surface area contributed by atoms with Gasteiger partial charge in [-0.2, -0.15) is 0 Å². The molecule has 2 aliphatic heterocycles. The fourth-order valence-corrected chi connectivity index (χ4v) is 2.80. The Bertz CT molecular complexity index is 140. The maximum absolute atomic E-state index is 4.47. The predicted molar refractivity (Wildman–Crippen MR) is 54.9 cm³/mol. The van der Waals surface area contributed by atoms with Crippen molar-refractivity contribution in [3.05, 3.63) is 0 Å². The summed E-state index contributed by atoms with van der Waals surface area (Å²) in [4.78, 5) is 0. The van der Waals surface area contributed by atoms with E-state index in [1.165, 1.54) is 51.6 Å². The van der Waals surface area contributed by atoms with E-state index in [2.05, 4.69) is 10.6 Å². The maximum atomic E-state index is 4.47. The Kier molecular flexibility index (Phi) is 3.23. The fraction of sp³-hybridized carbons (Fsp3) is 1.00. The minimum Gasteiger partial charge on any atom is -0.317 e. The zero-order valence-corrected chi connectivity index (χ0v) is 8.52. The zero-order chi connectivity index (χ0) is 8.99. The molecule has 0 aromatic heterocycles. The minimum absolute atomic E-state index is 0.698. The molecule has 1 radical (unpaired) electrons. The van der Waals surface area contributed by atoms with Crippen LogP contribution in [0.5, 0.6) is 0 Å². The van der Waals surface area contributed by atoms with Gasteiger partial charge in [-0.05, 0) is 57.0 Å².